The lowest BCUT2D eigenvalue weighted by molar-refractivity contribution is 0.480. The molecule has 0 bridgehead atoms. The van der Waals surface area contributed by atoms with Crippen molar-refractivity contribution in [3.8, 4) is 0 Å². The minimum absolute atomic E-state index is 0.151. The number of hydrogen-bond acceptors (Lipinski definition) is 2. The van der Waals surface area contributed by atoms with Gasteiger partial charge in [-0.15, -0.1) is 0 Å². The summed E-state index contributed by atoms with van der Waals surface area (Å²) in [5.41, 5.74) is 2.96. The molecule has 0 spiro atoms. The van der Waals surface area contributed by atoms with E-state index < -0.39 is 0 Å². The maximum absolute atomic E-state index is 4.95. The van der Waals surface area contributed by atoms with Gasteiger partial charge in [-0.1, -0.05) is 34.1 Å². The molecule has 18 heavy (non-hydrogen) atoms. The van der Waals surface area contributed by atoms with E-state index >= 15 is 0 Å². The standard InChI is InChI=1S/C15H25N3/c1-5-10-8-13(10)18-12-6-7-16-9-11(12)17-14(18)15(2,3)4/h10,13,16H,5-9H2,1-4H3. The first-order valence-electron chi connectivity index (χ1n) is 7.33. The third kappa shape index (κ3) is 1.89. The Balaban J connectivity index is 2.06. The second kappa shape index (κ2) is 4.09. The fourth-order valence-electron chi connectivity index (χ4n) is 3.21. The van der Waals surface area contributed by atoms with Gasteiger partial charge in [-0.3, -0.25) is 0 Å². The molecule has 100 valence electrons. The van der Waals surface area contributed by atoms with Gasteiger partial charge in [0.25, 0.3) is 0 Å². The SMILES string of the molecule is CCC1CC1n1c(C(C)(C)C)nc2c1CCNC2. The Morgan fingerprint density at radius 1 is 1.39 bits per heavy atom. The fraction of sp³-hybridized carbons (Fsp3) is 0.800. The Morgan fingerprint density at radius 3 is 2.78 bits per heavy atom. The molecule has 1 aliphatic carbocycles. The first kappa shape index (κ1) is 12.2. The molecule has 1 aromatic rings. The van der Waals surface area contributed by atoms with Crippen LogP contribution < -0.4 is 5.32 Å². The van der Waals surface area contributed by atoms with E-state index in [1.165, 1.54) is 30.1 Å². The van der Waals surface area contributed by atoms with Crippen molar-refractivity contribution in [2.24, 2.45) is 5.92 Å². The van der Waals surface area contributed by atoms with E-state index in [-0.39, 0.29) is 5.41 Å². The Labute approximate surface area is 110 Å². The van der Waals surface area contributed by atoms with E-state index in [2.05, 4.69) is 37.6 Å². The van der Waals surface area contributed by atoms with Gasteiger partial charge in [0.05, 0.1) is 5.69 Å². The van der Waals surface area contributed by atoms with E-state index in [0.29, 0.717) is 0 Å². The molecule has 0 amide bonds. The number of fused-ring (bicyclic) bond motifs is 1. The summed E-state index contributed by atoms with van der Waals surface area (Å²) in [4.78, 5) is 4.95. The summed E-state index contributed by atoms with van der Waals surface area (Å²) in [6.45, 7) is 11.2. The molecule has 2 aliphatic rings. The summed E-state index contributed by atoms with van der Waals surface area (Å²) in [7, 11) is 0. The Bertz CT molecular complexity index is 453. The third-order valence-electron chi connectivity index (χ3n) is 4.34. The van der Waals surface area contributed by atoms with Gasteiger partial charge in [-0.05, 0) is 12.3 Å². The second-order valence-corrected chi connectivity index (χ2v) is 6.85. The largest absolute Gasteiger partial charge is 0.328 e. The van der Waals surface area contributed by atoms with Crippen molar-refractivity contribution in [1.29, 1.82) is 0 Å². The van der Waals surface area contributed by atoms with Crippen molar-refractivity contribution in [3.05, 3.63) is 17.2 Å². The first-order chi connectivity index (χ1) is 8.52. The lowest BCUT2D eigenvalue weighted by atomic mass is 9.95. The van der Waals surface area contributed by atoms with Gasteiger partial charge in [0.15, 0.2) is 0 Å². The molecule has 1 aromatic heterocycles. The van der Waals surface area contributed by atoms with Gasteiger partial charge >= 0.3 is 0 Å². The predicted octanol–water partition coefficient (Wildman–Crippen LogP) is 2.80. The molecule has 2 heterocycles. The van der Waals surface area contributed by atoms with Crippen molar-refractivity contribution in [2.45, 2.75) is 65.0 Å². The van der Waals surface area contributed by atoms with Crippen LogP contribution in [0.3, 0.4) is 0 Å². The molecular weight excluding hydrogens is 222 g/mol. The molecule has 0 aromatic carbocycles. The predicted molar refractivity (Wildman–Crippen MR) is 73.8 cm³/mol. The maximum atomic E-state index is 4.95. The van der Waals surface area contributed by atoms with Gasteiger partial charge in [0, 0.05) is 36.7 Å². The van der Waals surface area contributed by atoms with Crippen LogP contribution in [0.5, 0.6) is 0 Å². The summed E-state index contributed by atoms with van der Waals surface area (Å²) in [5, 5.41) is 3.44. The molecule has 0 saturated heterocycles. The molecule has 1 saturated carbocycles. The van der Waals surface area contributed by atoms with Gasteiger partial charge in [0.2, 0.25) is 0 Å². The lowest BCUT2D eigenvalue weighted by Gasteiger charge is -2.22. The minimum Gasteiger partial charge on any atom is -0.328 e. The third-order valence-corrected chi connectivity index (χ3v) is 4.34. The zero-order valence-corrected chi connectivity index (χ0v) is 12.1. The van der Waals surface area contributed by atoms with Crippen molar-refractivity contribution in [2.75, 3.05) is 6.54 Å². The van der Waals surface area contributed by atoms with Crippen LogP contribution in [-0.4, -0.2) is 16.1 Å². The van der Waals surface area contributed by atoms with E-state index in [0.717, 1.165) is 31.5 Å². The number of aromatic nitrogens is 2. The van der Waals surface area contributed by atoms with Gasteiger partial charge in [-0.25, -0.2) is 4.98 Å². The number of imidazole rings is 1. The monoisotopic (exact) mass is 247 g/mol. The van der Waals surface area contributed by atoms with Crippen LogP contribution in [0, 0.1) is 5.92 Å². The molecule has 2 unspecified atom stereocenters. The topological polar surface area (TPSA) is 29.9 Å². The quantitative estimate of drug-likeness (QED) is 0.871. The molecular formula is C15H25N3. The second-order valence-electron chi connectivity index (χ2n) is 6.85. The van der Waals surface area contributed by atoms with Crippen LogP contribution in [0.15, 0.2) is 0 Å². The van der Waals surface area contributed by atoms with Crippen molar-refractivity contribution in [1.82, 2.24) is 14.9 Å². The number of hydrogen-bond donors (Lipinski definition) is 1. The van der Waals surface area contributed by atoms with E-state index in [4.69, 9.17) is 4.98 Å². The van der Waals surface area contributed by atoms with E-state index in [1.807, 2.05) is 0 Å². The highest BCUT2D eigenvalue weighted by atomic mass is 15.2. The minimum atomic E-state index is 0.151. The molecule has 3 rings (SSSR count). The Kier molecular flexibility index (Phi) is 2.77. The van der Waals surface area contributed by atoms with Crippen molar-refractivity contribution >= 4 is 0 Å². The summed E-state index contributed by atoms with van der Waals surface area (Å²) >= 11 is 0. The first-order valence-corrected chi connectivity index (χ1v) is 7.33. The lowest BCUT2D eigenvalue weighted by Crippen LogP contribution is -2.25. The Hall–Kier alpha value is -0.830. The summed E-state index contributed by atoms with van der Waals surface area (Å²) < 4.78 is 2.60. The molecule has 2 atom stereocenters. The number of rotatable bonds is 2. The molecule has 1 aliphatic heterocycles. The summed E-state index contributed by atoms with van der Waals surface area (Å²) in [6, 6.07) is 0.735. The molecule has 1 N–H and O–H groups in total. The highest BCUT2D eigenvalue weighted by Crippen LogP contribution is 2.48. The molecule has 3 heteroatoms. The van der Waals surface area contributed by atoms with Crippen molar-refractivity contribution < 1.29 is 0 Å². The fourth-order valence-corrected chi connectivity index (χ4v) is 3.21. The van der Waals surface area contributed by atoms with Crippen LogP contribution in [0.4, 0.5) is 0 Å². The van der Waals surface area contributed by atoms with Crippen LogP contribution in [0.25, 0.3) is 0 Å². The molecule has 0 radical (unpaired) electrons. The van der Waals surface area contributed by atoms with Crippen molar-refractivity contribution in [3.63, 3.8) is 0 Å². The Morgan fingerprint density at radius 2 is 2.17 bits per heavy atom. The average Bonchev–Trinajstić information content (AvgIpc) is 2.99. The summed E-state index contributed by atoms with van der Waals surface area (Å²) in [6.07, 6.45) is 3.81. The summed E-state index contributed by atoms with van der Waals surface area (Å²) in [5.74, 6) is 2.19. The van der Waals surface area contributed by atoms with Gasteiger partial charge < -0.3 is 9.88 Å². The average molecular weight is 247 g/mol. The van der Waals surface area contributed by atoms with E-state index in [1.54, 1.807) is 0 Å². The molecule has 1 fully saturated rings. The number of nitrogens with zero attached hydrogens (tertiary/aromatic N) is 2. The van der Waals surface area contributed by atoms with Crippen LogP contribution in [0.1, 0.15) is 63.8 Å². The highest BCUT2D eigenvalue weighted by Gasteiger charge is 2.42. The smallest absolute Gasteiger partial charge is 0.114 e. The number of nitrogens with one attached hydrogen (secondary N) is 1. The van der Waals surface area contributed by atoms with Gasteiger partial charge in [0.1, 0.15) is 5.82 Å². The van der Waals surface area contributed by atoms with Crippen LogP contribution >= 0.6 is 0 Å². The molecule has 3 nitrogen and oxygen atoms in total. The maximum Gasteiger partial charge on any atom is 0.114 e. The highest BCUT2D eigenvalue weighted by molar-refractivity contribution is 5.26. The zero-order valence-electron chi connectivity index (χ0n) is 12.1. The normalized spacial score (nSPS) is 27.1. The van der Waals surface area contributed by atoms with Gasteiger partial charge in [-0.2, -0.15) is 0 Å². The zero-order chi connectivity index (χ0) is 12.9. The van der Waals surface area contributed by atoms with Crippen LogP contribution in [0.2, 0.25) is 0 Å². The van der Waals surface area contributed by atoms with Crippen LogP contribution in [-0.2, 0) is 18.4 Å². The van der Waals surface area contributed by atoms with E-state index in [9.17, 15) is 0 Å².